The van der Waals surface area contributed by atoms with Crippen LogP contribution in [-0.4, -0.2) is 11.3 Å². The van der Waals surface area contributed by atoms with E-state index in [1.807, 2.05) is 0 Å². The molecule has 0 fully saturated rings. The fourth-order valence-electron chi connectivity index (χ4n) is 0.948. The van der Waals surface area contributed by atoms with Crippen LogP contribution < -0.4 is 16.2 Å². The third-order valence-electron chi connectivity index (χ3n) is 1.47. The van der Waals surface area contributed by atoms with Gasteiger partial charge in [0.1, 0.15) is 5.82 Å². The van der Waals surface area contributed by atoms with Gasteiger partial charge in [0.05, 0.1) is 0 Å². The summed E-state index contributed by atoms with van der Waals surface area (Å²) in [6.07, 6.45) is -5.00. The van der Waals surface area contributed by atoms with Gasteiger partial charge < -0.3 is 16.2 Å². The van der Waals surface area contributed by atoms with Crippen LogP contribution >= 0.6 is 0 Å². The molecule has 1 aromatic heterocycles. The Hall–Kier alpha value is -1.57. The molecule has 84 valence electrons. The molecule has 0 aromatic carbocycles. The van der Waals surface area contributed by atoms with Gasteiger partial charge >= 0.3 is 6.36 Å². The lowest BCUT2D eigenvalue weighted by atomic mass is 10.2. The van der Waals surface area contributed by atoms with Gasteiger partial charge in [-0.2, -0.15) is 9.37 Å². The molecule has 0 aliphatic carbocycles. The monoisotopic (exact) mass is 225 g/mol. The molecule has 1 heterocycles. The Morgan fingerprint density at radius 2 is 2.00 bits per heavy atom. The number of hydrogen-bond donors (Lipinski definition) is 2. The van der Waals surface area contributed by atoms with Crippen molar-refractivity contribution in [1.29, 1.82) is 0 Å². The fourth-order valence-corrected chi connectivity index (χ4v) is 0.948. The summed E-state index contributed by atoms with van der Waals surface area (Å²) in [5.74, 6) is -2.74. The molecule has 0 spiro atoms. The lowest BCUT2D eigenvalue weighted by Gasteiger charge is -2.12. The molecule has 0 aliphatic rings. The largest absolute Gasteiger partial charge is 0.573 e. The van der Waals surface area contributed by atoms with Crippen molar-refractivity contribution in [2.24, 2.45) is 5.73 Å². The summed E-state index contributed by atoms with van der Waals surface area (Å²) in [5.41, 5.74) is 10.0. The number of alkyl halides is 3. The highest BCUT2D eigenvalue weighted by molar-refractivity contribution is 5.41. The highest BCUT2D eigenvalue weighted by Crippen LogP contribution is 2.29. The van der Waals surface area contributed by atoms with Gasteiger partial charge in [0.2, 0.25) is 0 Å². The minimum atomic E-state index is -5.00. The molecule has 1 aromatic rings. The number of nitrogens with zero attached hydrogens (tertiary/aromatic N) is 1. The number of halogens is 4. The number of hydrogen-bond acceptors (Lipinski definition) is 4. The maximum absolute atomic E-state index is 13.0. The van der Waals surface area contributed by atoms with E-state index in [0.717, 1.165) is 6.07 Å². The standard InChI is InChI=1S/C7H7F4N3O/c8-6-5(15-7(9,10)11)3(2-12)1-4(13)14-6/h1H,2,12H2,(H2,13,14). The maximum Gasteiger partial charge on any atom is 0.573 e. The van der Waals surface area contributed by atoms with Crippen LogP contribution in [0.4, 0.5) is 23.4 Å². The van der Waals surface area contributed by atoms with Crippen molar-refractivity contribution in [2.45, 2.75) is 12.9 Å². The van der Waals surface area contributed by atoms with Gasteiger partial charge in [0.25, 0.3) is 5.95 Å². The van der Waals surface area contributed by atoms with Crippen LogP contribution in [0.15, 0.2) is 6.07 Å². The SMILES string of the molecule is NCc1cc(N)nc(F)c1OC(F)(F)F. The van der Waals surface area contributed by atoms with Crippen molar-refractivity contribution in [3.05, 3.63) is 17.6 Å². The number of anilines is 1. The van der Waals surface area contributed by atoms with Gasteiger partial charge in [-0.3, -0.25) is 0 Å². The van der Waals surface area contributed by atoms with E-state index in [1.165, 1.54) is 0 Å². The van der Waals surface area contributed by atoms with Crippen LogP contribution in [0, 0.1) is 5.95 Å². The minimum absolute atomic E-state index is 0.197. The first-order valence-electron chi connectivity index (χ1n) is 3.74. The molecule has 8 heteroatoms. The van der Waals surface area contributed by atoms with Gasteiger partial charge in [-0.1, -0.05) is 0 Å². The molecule has 4 nitrogen and oxygen atoms in total. The topological polar surface area (TPSA) is 74.2 Å². The van der Waals surface area contributed by atoms with Crippen molar-refractivity contribution in [3.63, 3.8) is 0 Å². The van der Waals surface area contributed by atoms with E-state index in [0.29, 0.717) is 0 Å². The number of pyridine rings is 1. The zero-order valence-corrected chi connectivity index (χ0v) is 7.31. The molecule has 0 saturated heterocycles. The van der Waals surface area contributed by atoms with Gasteiger partial charge in [0.15, 0.2) is 5.75 Å². The van der Waals surface area contributed by atoms with Crippen LogP contribution in [0.25, 0.3) is 0 Å². The Bertz CT molecular complexity index is 366. The van der Waals surface area contributed by atoms with Gasteiger partial charge in [-0.05, 0) is 6.07 Å². The summed E-state index contributed by atoms with van der Waals surface area (Å²) >= 11 is 0. The quantitative estimate of drug-likeness (QED) is 0.585. The lowest BCUT2D eigenvalue weighted by Crippen LogP contribution is -2.20. The normalized spacial score (nSPS) is 11.5. The summed E-state index contributed by atoms with van der Waals surface area (Å²) in [6, 6.07) is 1.02. The summed E-state index contributed by atoms with van der Waals surface area (Å²) in [4.78, 5) is 3.00. The Morgan fingerprint density at radius 1 is 1.40 bits per heavy atom. The Balaban J connectivity index is 3.15. The second kappa shape index (κ2) is 3.89. The molecular formula is C7H7F4N3O. The van der Waals surface area contributed by atoms with E-state index in [2.05, 4.69) is 9.72 Å². The Kier molecular flexibility index (Phi) is 2.98. The van der Waals surface area contributed by atoms with Crippen molar-refractivity contribution in [1.82, 2.24) is 4.98 Å². The van der Waals surface area contributed by atoms with Gasteiger partial charge in [-0.15, -0.1) is 13.2 Å². The first-order valence-corrected chi connectivity index (χ1v) is 3.74. The van der Waals surface area contributed by atoms with Crippen LogP contribution in [-0.2, 0) is 6.54 Å². The Labute approximate surface area is 81.8 Å². The van der Waals surface area contributed by atoms with Crippen molar-refractivity contribution < 1.29 is 22.3 Å². The van der Waals surface area contributed by atoms with Gasteiger partial charge in [-0.25, -0.2) is 0 Å². The van der Waals surface area contributed by atoms with Crippen LogP contribution in [0.1, 0.15) is 5.56 Å². The number of rotatable bonds is 2. The average Bonchev–Trinajstić information content (AvgIpc) is 2.07. The molecule has 0 radical (unpaired) electrons. The molecule has 0 unspecified atom stereocenters. The number of aromatic nitrogens is 1. The van der Waals surface area contributed by atoms with E-state index in [1.54, 1.807) is 0 Å². The molecule has 0 amide bonds. The third kappa shape index (κ3) is 2.94. The van der Waals surface area contributed by atoms with Crippen molar-refractivity contribution >= 4 is 5.82 Å². The molecule has 4 N–H and O–H groups in total. The highest BCUT2D eigenvalue weighted by Gasteiger charge is 2.34. The van der Waals surface area contributed by atoms with E-state index < -0.39 is 18.1 Å². The zero-order chi connectivity index (χ0) is 11.6. The molecular weight excluding hydrogens is 218 g/mol. The summed E-state index contributed by atoms with van der Waals surface area (Å²) in [5, 5.41) is 0. The van der Waals surface area contributed by atoms with E-state index in [4.69, 9.17) is 11.5 Å². The zero-order valence-electron chi connectivity index (χ0n) is 7.31. The minimum Gasteiger partial charge on any atom is -0.401 e. The van der Waals surface area contributed by atoms with Crippen molar-refractivity contribution in [3.8, 4) is 5.75 Å². The van der Waals surface area contributed by atoms with Crippen LogP contribution in [0.5, 0.6) is 5.75 Å². The smallest absolute Gasteiger partial charge is 0.401 e. The summed E-state index contributed by atoms with van der Waals surface area (Å²) < 4.78 is 51.9. The van der Waals surface area contributed by atoms with Crippen molar-refractivity contribution in [2.75, 3.05) is 5.73 Å². The van der Waals surface area contributed by atoms with E-state index in [9.17, 15) is 17.6 Å². The highest BCUT2D eigenvalue weighted by atomic mass is 19.4. The van der Waals surface area contributed by atoms with E-state index in [-0.39, 0.29) is 17.9 Å². The predicted molar refractivity (Wildman–Crippen MR) is 43.2 cm³/mol. The Morgan fingerprint density at radius 3 is 2.47 bits per heavy atom. The number of nitrogen functional groups attached to an aromatic ring is 1. The second-order valence-electron chi connectivity index (χ2n) is 2.58. The first kappa shape index (κ1) is 11.5. The summed E-state index contributed by atoms with van der Waals surface area (Å²) in [6.45, 7) is -0.338. The third-order valence-corrected chi connectivity index (χ3v) is 1.47. The van der Waals surface area contributed by atoms with Gasteiger partial charge in [0, 0.05) is 12.1 Å². The maximum atomic E-state index is 13.0. The van der Waals surface area contributed by atoms with Crippen LogP contribution in [0.3, 0.4) is 0 Å². The number of ether oxygens (including phenoxy) is 1. The molecule has 1 rings (SSSR count). The van der Waals surface area contributed by atoms with Crippen LogP contribution in [0.2, 0.25) is 0 Å². The molecule has 15 heavy (non-hydrogen) atoms. The van der Waals surface area contributed by atoms with E-state index >= 15 is 0 Å². The number of nitrogens with two attached hydrogens (primary N) is 2. The molecule has 0 atom stereocenters. The lowest BCUT2D eigenvalue weighted by molar-refractivity contribution is -0.276. The molecule has 0 aliphatic heterocycles. The second-order valence-corrected chi connectivity index (χ2v) is 2.58. The first-order chi connectivity index (χ1) is 6.83. The molecule has 0 saturated carbocycles. The average molecular weight is 225 g/mol. The summed E-state index contributed by atoms with van der Waals surface area (Å²) in [7, 11) is 0. The predicted octanol–water partition coefficient (Wildman–Crippen LogP) is 1.16. The molecule has 0 bridgehead atoms. The fraction of sp³-hybridized carbons (Fsp3) is 0.286.